The standard InChI is InChI=1S/C18H15ClN4O3/c1-3-25-15-6-11(4-5-13(15)19)14-7-16(24)23-17(22-14)12(8-20-23)18-21-10(2)9-26-18/h4-9,20H,3H2,1-2H3. The van der Waals surface area contributed by atoms with Crippen molar-refractivity contribution in [2.24, 2.45) is 0 Å². The molecule has 3 heterocycles. The lowest BCUT2D eigenvalue weighted by molar-refractivity contribution is 0.340. The smallest absolute Gasteiger partial charge is 0.273 e. The molecule has 0 aliphatic carbocycles. The minimum absolute atomic E-state index is 0.243. The Balaban J connectivity index is 1.89. The lowest BCUT2D eigenvalue weighted by atomic mass is 10.1. The first-order valence-electron chi connectivity index (χ1n) is 8.03. The highest BCUT2D eigenvalue weighted by Gasteiger charge is 2.16. The Kier molecular flexibility index (Phi) is 4.00. The van der Waals surface area contributed by atoms with E-state index < -0.39 is 0 Å². The van der Waals surface area contributed by atoms with Gasteiger partial charge in [-0.25, -0.2) is 14.5 Å². The molecule has 4 rings (SSSR count). The third-order valence-corrected chi connectivity index (χ3v) is 4.19. The number of oxazole rings is 1. The molecule has 0 amide bonds. The zero-order chi connectivity index (χ0) is 18.3. The van der Waals surface area contributed by atoms with Crippen molar-refractivity contribution in [2.75, 3.05) is 6.61 Å². The van der Waals surface area contributed by atoms with E-state index in [4.69, 9.17) is 20.8 Å². The van der Waals surface area contributed by atoms with E-state index in [0.717, 1.165) is 11.3 Å². The maximum atomic E-state index is 12.5. The van der Waals surface area contributed by atoms with Gasteiger partial charge >= 0.3 is 0 Å². The van der Waals surface area contributed by atoms with Gasteiger partial charge in [-0.15, -0.1) is 0 Å². The van der Waals surface area contributed by atoms with Gasteiger partial charge in [0.05, 0.1) is 28.6 Å². The number of nitrogens with zero attached hydrogens (tertiary/aromatic N) is 3. The highest BCUT2D eigenvalue weighted by atomic mass is 35.5. The van der Waals surface area contributed by atoms with Crippen molar-refractivity contribution < 1.29 is 9.15 Å². The third-order valence-electron chi connectivity index (χ3n) is 3.87. The zero-order valence-corrected chi connectivity index (χ0v) is 14.9. The predicted octanol–water partition coefficient (Wildman–Crippen LogP) is 3.71. The second-order valence-electron chi connectivity index (χ2n) is 5.70. The Hall–Kier alpha value is -3.06. The van der Waals surface area contributed by atoms with Crippen LogP contribution in [0.15, 0.2) is 45.9 Å². The molecule has 0 saturated heterocycles. The molecular weight excluding hydrogens is 356 g/mol. The number of halogens is 1. The van der Waals surface area contributed by atoms with Crippen molar-refractivity contribution >= 4 is 17.2 Å². The number of aryl methyl sites for hydroxylation is 1. The van der Waals surface area contributed by atoms with E-state index in [1.807, 2.05) is 13.8 Å². The van der Waals surface area contributed by atoms with E-state index in [1.54, 1.807) is 30.7 Å². The highest BCUT2D eigenvalue weighted by Crippen LogP contribution is 2.30. The van der Waals surface area contributed by atoms with Gasteiger partial charge in [-0.2, -0.15) is 0 Å². The van der Waals surface area contributed by atoms with Crippen LogP contribution in [-0.4, -0.2) is 26.2 Å². The molecule has 132 valence electrons. The molecular formula is C18H15ClN4O3. The predicted molar refractivity (Wildman–Crippen MR) is 97.7 cm³/mol. The van der Waals surface area contributed by atoms with Crippen LogP contribution < -0.4 is 10.3 Å². The van der Waals surface area contributed by atoms with Gasteiger partial charge in [-0.3, -0.25) is 9.89 Å². The first kappa shape index (κ1) is 16.4. The number of hydrogen-bond acceptors (Lipinski definition) is 5. The number of benzene rings is 1. The van der Waals surface area contributed by atoms with Crippen LogP contribution in [0.3, 0.4) is 0 Å². The van der Waals surface area contributed by atoms with Crippen LogP contribution in [0.4, 0.5) is 0 Å². The van der Waals surface area contributed by atoms with Gasteiger partial charge in [0.1, 0.15) is 12.0 Å². The normalized spacial score (nSPS) is 11.2. The van der Waals surface area contributed by atoms with Crippen molar-refractivity contribution in [1.82, 2.24) is 19.6 Å². The molecule has 0 atom stereocenters. The van der Waals surface area contributed by atoms with Crippen LogP contribution in [0.1, 0.15) is 12.6 Å². The summed E-state index contributed by atoms with van der Waals surface area (Å²) in [5.41, 5.74) is 2.78. The molecule has 0 aliphatic rings. The first-order valence-corrected chi connectivity index (χ1v) is 8.41. The monoisotopic (exact) mass is 370 g/mol. The number of hydrogen-bond donors (Lipinski definition) is 1. The minimum Gasteiger partial charge on any atom is -0.492 e. The number of ether oxygens (including phenoxy) is 1. The van der Waals surface area contributed by atoms with Crippen LogP contribution in [0.5, 0.6) is 5.75 Å². The van der Waals surface area contributed by atoms with E-state index in [0.29, 0.717) is 40.2 Å². The molecule has 0 radical (unpaired) electrons. The maximum absolute atomic E-state index is 12.5. The van der Waals surface area contributed by atoms with Gasteiger partial charge in [0.25, 0.3) is 5.56 Å². The van der Waals surface area contributed by atoms with E-state index in [9.17, 15) is 4.79 Å². The lowest BCUT2D eigenvalue weighted by Gasteiger charge is -2.08. The molecule has 0 spiro atoms. The number of nitrogens with one attached hydrogen (secondary N) is 1. The summed E-state index contributed by atoms with van der Waals surface area (Å²) in [5, 5.41) is 3.39. The van der Waals surface area contributed by atoms with E-state index >= 15 is 0 Å². The summed E-state index contributed by atoms with van der Waals surface area (Å²) in [5.74, 6) is 0.947. The fourth-order valence-corrected chi connectivity index (χ4v) is 2.87. The molecule has 0 saturated carbocycles. The number of rotatable bonds is 4. The summed E-state index contributed by atoms with van der Waals surface area (Å²) in [6, 6.07) is 6.74. The average Bonchev–Trinajstić information content (AvgIpc) is 3.23. The molecule has 0 fully saturated rings. The van der Waals surface area contributed by atoms with Gasteiger partial charge in [0, 0.05) is 17.8 Å². The fourth-order valence-electron chi connectivity index (χ4n) is 2.69. The molecule has 0 unspecified atom stereocenters. The van der Waals surface area contributed by atoms with Gasteiger partial charge < -0.3 is 9.15 Å². The Morgan fingerprint density at radius 1 is 1.31 bits per heavy atom. The molecule has 0 bridgehead atoms. The van der Waals surface area contributed by atoms with Crippen molar-refractivity contribution in [3.63, 3.8) is 0 Å². The van der Waals surface area contributed by atoms with E-state index in [2.05, 4.69) is 15.1 Å². The minimum atomic E-state index is -0.243. The Morgan fingerprint density at radius 3 is 2.88 bits per heavy atom. The molecule has 1 aromatic carbocycles. The molecule has 0 aliphatic heterocycles. The maximum Gasteiger partial charge on any atom is 0.273 e. The van der Waals surface area contributed by atoms with Crippen LogP contribution in [0.2, 0.25) is 5.02 Å². The lowest BCUT2D eigenvalue weighted by Crippen LogP contribution is -2.14. The van der Waals surface area contributed by atoms with Gasteiger partial charge in [-0.05, 0) is 26.0 Å². The van der Waals surface area contributed by atoms with Gasteiger partial charge in [-0.1, -0.05) is 17.7 Å². The number of aromatic amines is 1. The quantitative estimate of drug-likeness (QED) is 0.592. The van der Waals surface area contributed by atoms with Crippen molar-refractivity contribution in [3.05, 3.63) is 57.8 Å². The van der Waals surface area contributed by atoms with E-state index in [1.165, 1.54) is 10.6 Å². The number of aromatic nitrogens is 4. The number of fused-ring (bicyclic) bond motifs is 1. The van der Waals surface area contributed by atoms with Crippen LogP contribution in [0, 0.1) is 6.92 Å². The molecule has 4 aromatic rings. The van der Waals surface area contributed by atoms with Crippen LogP contribution in [0.25, 0.3) is 28.4 Å². The van der Waals surface area contributed by atoms with Crippen LogP contribution >= 0.6 is 11.6 Å². The molecule has 7 nitrogen and oxygen atoms in total. The number of H-pyrrole nitrogens is 1. The topological polar surface area (TPSA) is 85.4 Å². The van der Waals surface area contributed by atoms with Crippen molar-refractivity contribution in [3.8, 4) is 28.5 Å². The summed E-state index contributed by atoms with van der Waals surface area (Å²) < 4.78 is 12.3. The summed E-state index contributed by atoms with van der Waals surface area (Å²) in [6.45, 7) is 4.20. The second kappa shape index (κ2) is 6.34. The SMILES string of the molecule is CCOc1cc(-c2cc(=O)n3[nH]cc(-c4nc(C)co4)c3n2)ccc1Cl. The fraction of sp³-hybridized carbons (Fsp3) is 0.167. The molecule has 3 aromatic heterocycles. The second-order valence-corrected chi connectivity index (χ2v) is 6.11. The zero-order valence-electron chi connectivity index (χ0n) is 14.1. The molecule has 1 N–H and O–H groups in total. The summed E-state index contributed by atoms with van der Waals surface area (Å²) >= 11 is 6.14. The molecule has 8 heteroatoms. The molecule has 26 heavy (non-hydrogen) atoms. The van der Waals surface area contributed by atoms with Crippen molar-refractivity contribution in [1.29, 1.82) is 0 Å². The van der Waals surface area contributed by atoms with Crippen LogP contribution in [-0.2, 0) is 0 Å². The van der Waals surface area contributed by atoms with Crippen molar-refractivity contribution in [2.45, 2.75) is 13.8 Å². The first-order chi connectivity index (χ1) is 12.6. The van der Waals surface area contributed by atoms with E-state index in [-0.39, 0.29) is 5.56 Å². The summed E-state index contributed by atoms with van der Waals surface area (Å²) in [7, 11) is 0. The summed E-state index contributed by atoms with van der Waals surface area (Å²) in [4.78, 5) is 21.4. The third kappa shape index (κ3) is 2.76. The average molecular weight is 371 g/mol. The van der Waals surface area contributed by atoms with Gasteiger partial charge in [0.2, 0.25) is 5.89 Å². The van der Waals surface area contributed by atoms with Gasteiger partial charge in [0.15, 0.2) is 5.65 Å². The summed E-state index contributed by atoms with van der Waals surface area (Å²) in [6.07, 6.45) is 3.20. The largest absolute Gasteiger partial charge is 0.492 e. The highest BCUT2D eigenvalue weighted by molar-refractivity contribution is 6.32. The Bertz CT molecular complexity index is 1160. The Morgan fingerprint density at radius 2 is 2.15 bits per heavy atom. The Labute approximate surface area is 153 Å².